The minimum atomic E-state index is -0.0933. The third-order valence-corrected chi connectivity index (χ3v) is 7.10. The molecule has 168 valence electrons. The van der Waals surface area contributed by atoms with Gasteiger partial charge in [0.05, 0.1) is 11.1 Å². The van der Waals surface area contributed by atoms with E-state index in [0.29, 0.717) is 5.57 Å². The number of hydrogen-bond acceptors (Lipinski definition) is 3. The molecule has 0 bridgehead atoms. The van der Waals surface area contributed by atoms with Gasteiger partial charge in [-0.15, -0.1) is 0 Å². The predicted molar refractivity (Wildman–Crippen MR) is 128 cm³/mol. The van der Waals surface area contributed by atoms with Gasteiger partial charge >= 0.3 is 0 Å². The molecule has 5 rings (SSSR count). The van der Waals surface area contributed by atoms with Crippen molar-refractivity contribution in [2.45, 2.75) is 46.0 Å². The predicted octanol–water partition coefficient (Wildman–Crippen LogP) is 4.00. The molecule has 3 aliphatic rings. The molecule has 0 unspecified atom stereocenters. The Balaban J connectivity index is 1.41. The first-order valence-electron chi connectivity index (χ1n) is 11.9. The number of aromatic amines is 1. The molecule has 1 fully saturated rings. The molecule has 2 N–H and O–H groups in total. The Morgan fingerprint density at radius 3 is 2.62 bits per heavy atom. The molecular formula is C26H32N4O2. The summed E-state index contributed by atoms with van der Waals surface area (Å²) in [5, 5.41) is 2.95. The van der Waals surface area contributed by atoms with Crippen molar-refractivity contribution in [3.8, 4) is 0 Å². The summed E-state index contributed by atoms with van der Waals surface area (Å²) in [4.78, 5) is 34.1. The van der Waals surface area contributed by atoms with Crippen molar-refractivity contribution >= 4 is 29.2 Å². The number of H-pyrrole nitrogens is 1. The van der Waals surface area contributed by atoms with Gasteiger partial charge in [-0.2, -0.15) is 0 Å². The van der Waals surface area contributed by atoms with Gasteiger partial charge in [0.15, 0.2) is 0 Å². The Kier molecular flexibility index (Phi) is 5.64. The van der Waals surface area contributed by atoms with Crippen LogP contribution >= 0.6 is 0 Å². The zero-order valence-electron chi connectivity index (χ0n) is 19.1. The Hall–Kier alpha value is -2.86. The van der Waals surface area contributed by atoms with Crippen molar-refractivity contribution < 1.29 is 9.59 Å². The minimum absolute atomic E-state index is 0.0933. The topological polar surface area (TPSA) is 68.4 Å². The molecule has 0 aliphatic carbocycles. The van der Waals surface area contributed by atoms with E-state index in [4.69, 9.17) is 0 Å². The van der Waals surface area contributed by atoms with E-state index in [0.717, 1.165) is 84.9 Å². The summed E-state index contributed by atoms with van der Waals surface area (Å²) in [5.41, 5.74) is 7.14. The molecule has 6 heteroatoms. The van der Waals surface area contributed by atoms with Gasteiger partial charge in [-0.1, -0.05) is 18.1 Å². The fraction of sp³-hybridized carbons (Fsp3) is 0.462. The van der Waals surface area contributed by atoms with Crippen LogP contribution in [0.5, 0.6) is 0 Å². The maximum atomic E-state index is 13.5. The quantitative estimate of drug-likeness (QED) is 0.718. The molecule has 3 aliphatic heterocycles. The van der Waals surface area contributed by atoms with Crippen molar-refractivity contribution in [3.05, 3.63) is 51.8 Å². The highest BCUT2D eigenvalue weighted by molar-refractivity contribution is 6.35. The van der Waals surface area contributed by atoms with Gasteiger partial charge in [0.25, 0.3) is 11.8 Å². The number of amides is 2. The van der Waals surface area contributed by atoms with E-state index < -0.39 is 0 Å². The van der Waals surface area contributed by atoms with E-state index in [1.165, 1.54) is 19.3 Å². The number of aryl methyl sites for hydroxylation is 2. The molecule has 0 atom stereocenters. The number of anilines is 1. The van der Waals surface area contributed by atoms with Crippen LogP contribution in [0.3, 0.4) is 0 Å². The molecule has 2 aromatic rings. The summed E-state index contributed by atoms with van der Waals surface area (Å²) in [6, 6.07) is 5.99. The molecule has 0 radical (unpaired) electrons. The van der Waals surface area contributed by atoms with Crippen LogP contribution in [0.4, 0.5) is 5.69 Å². The number of hydrogen-bond donors (Lipinski definition) is 2. The van der Waals surface area contributed by atoms with Gasteiger partial charge in [0, 0.05) is 42.3 Å². The number of nitrogens with one attached hydrogen (secondary N) is 2. The number of carbonyl (C=O) groups excluding carboxylic acids is 2. The summed E-state index contributed by atoms with van der Waals surface area (Å²) in [5.74, 6) is 0.0318. The Labute approximate surface area is 189 Å². The van der Waals surface area contributed by atoms with E-state index in [1.54, 1.807) is 0 Å². The van der Waals surface area contributed by atoms with Crippen molar-refractivity contribution in [1.29, 1.82) is 0 Å². The molecule has 1 aromatic carbocycles. The van der Waals surface area contributed by atoms with Crippen LogP contribution in [0.2, 0.25) is 0 Å². The summed E-state index contributed by atoms with van der Waals surface area (Å²) in [7, 11) is 0. The molecule has 32 heavy (non-hydrogen) atoms. The lowest BCUT2D eigenvalue weighted by atomic mass is 10.0. The maximum absolute atomic E-state index is 13.5. The van der Waals surface area contributed by atoms with E-state index in [1.807, 2.05) is 43.0 Å². The highest BCUT2D eigenvalue weighted by atomic mass is 16.2. The molecule has 1 aromatic heterocycles. The molecule has 4 heterocycles. The standard InChI is InChI=1S/C26H32N4O2/c1-17-8-9-21-19(15-17)20(25(31)28-21)16-23-18(2)24-22(27-23)7-6-12-30(26(24)32)14-13-29-10-4-3-5-11-29/h8-9,15-16,27H,3-7,10-14H2,1-2H3,(H,28,31)/b20-16-. The fourth-order valence-corrected chi connectivity index (χ4v) is 5.26. The highest BCUT2D eigenvalue weighted by Gasteiger charge is 2.29. The van der Waals surface area contributed by atoms with Crippen LogP contribution in [0.15, 0.2) is 18.2 Å². The first-order chi connectivity index (χ1) is 15.5. The number of fused-ring (bicyclic) bond motifs is 2. The van der Waals surface area contributed by atoms with Crippen LogP contribution < -0.4 is 5.32 Å². The first-order valence-corrected chi connectivity index (χ1v) is 11.9. The van der Waals surface area contributed by atoms with E-state index in [-0.39, 0.29) is 11.8 Å². The Morgan fingerprint density at radius 2 is 1.81 bits per heavy atom. The smallest absolute Gasteiger partial charge is 0.256 e. The number of likely N-dealkylation sites (tertiary alicyclic amines) is 1. The zero-order chi connectivity index (χ0) is 22.2. The fourth-order valence-electron chi connectivity index (χ4n) is 5.26. The Bertz CT molecular complexity index is 1090. The summed E-state index contributed by atoms with van der Waals surface area (Å²) in [6.07, 6.45) is 7.58. The lowest BCUT2D eigenvalue weighted by Gasteiger charge is -2.29. The second-order valence-corrected chi connectivity index (χ2v) is 9.38. The third kappa shape index (κ3) is 3.88. The number of piperidine rings is 1. The van der Waals surface area contributed by atoms with Gasteiger partial charge in [-0.05, 0) is 76.4 Å². The van der Waals surface area contributed by atoms with Crippen LogP contribution in [0.25, 0.3) is 11.6 Å². The number of rotatable bonds is 4. The van der Waals surface area contributed by atoms with Crippen molar-refractivity contribution in [2.75, 3.05) is 38.0 Å². The highest BCUT2D eigenvalue weighted by Crippen LogP contribution is 2.35. The zero-order valence-corrected chi connectivity index (χ0v) is 19.1. The minimum Gasteiger partial charge on any atom is -0.358 e. The number of aromatic nitrogens is 1. The summed E-state index contributed by atoms with van der Waals surface area (Å²) >= 11 is 0. The second-order valence-electron chi connectivity index (χ2n) is 9.38. The van der Waals surface area contributed by atoms with Crippen molar-refractivity contribution in [1.82, 2.24) is 14.8 Å². The summed E-state index contributed by atoms with van der Waals surface area (Å²) < 4.78 is 0. The van der Waals surface area contributed by atoms with Gasteiger partial charge in [-0.3, -0.25) is 9.59 Å². The number of nitrogens with zero attached hydrogens (tertiary/aromatic N) is 2. The average molecular weight is 433 g/mol. The molecule has 6 nitrogen and oxygen atoms in total. The Morgan fingerprint density at radius 1 is 1.00 bits per heavy atom. The maximum Gasteiger partial charge on any atom is 0.256 e. The van der Waals surface area contributed by atoms with Crippen LogP contribution in [0.1, 0.15) is 64.1 Å². The number of benzene rings is 1. The first kappa shape index (κ1) is 21.0. The van der Waals surface area contributed by atoms with Gasteiger partial charge in [0.2, 0.25) is 0 Å². The second kappa shape index (κ2) is 8.58. The van der Waals surface area contributed by atoms with Gasteiger partial charge in [-0.25, -0.2) is 0 Å². The summed E-state index contributed by atoms with van der Waals surface area (Å²) in [6.45, 7) is 8.87. The molecule has 2 amide bonds. The van der Waals surface area contributed by atoms with Gasteiger partial charge < -0.3 is 20.1 Å². The van der Waals surface area contributed by atoms with E-state index in [9.17, 15) is 9.59 Å². The lowest BCUT2D eigenvalue weighted by molar-refractivity contribution is -0.110. The molecule has 0 spiro atoms. The normalized spacial score (nSPS) is 20.3. The monoisotopic (exact) mass is 432 g/mol. The van der Waals surface area contributed by atoms with Crippen molar-refractivity contribution in [3.63, 3.8) is 0 Å². The molecule has 0 saturated carbocycles. The SMILES string of the molecule is Cc1ccc2c(c1)/C(=C/c1[nH]c3c(c1C)C(=O)N(CCN1CCCCC1)CCC3)C(=O)N2. The molecule has 1 saturated heterocycles. The largest absolute Gasteiger partial charge is 0.358 e. The average Bonchev–Trinajstić information content (AvgIpc) is 3.20. The van der Waals surface area contributed by atoms with Crippen molar-refractivity contribution in [2.24, 2.45) is 0 Å². The van der Waals surface area contributed by atoms with Gasteiger partial charge in [0.1, 0.15) is 0 Å². The van der Waals surface area contributed by atoms with Crippen LogP contribution in [-0.2, 0) is 11.2 Å². The molecular weight excluding hydrogens is 400 g/mol. The van der Waals surface area contributed by atoms with E-state index in [2.05, 4.69) is 15.2 Å². The van der Waals surface area contributed by atoms with E-state index >= 15 is 0 Å². The number of carbonyl (C=O) groups is 2. The lowest BCUT2D eigenvalue weighted by Crippen LogP contribution is -2.40. The third-order valence-electron chi connectivity index (χ3n) is 7.10. The van der Waals surface area contributed by atoms with Crippen LogP contribution in [-0.4, -0.2) is 59.3 Å². The van der Waals surface area contributed by atoms with Crippen LogP contribution in [0, 0.1) is 13.8 Å².